The van der Waals surface area contributed by atoms with Gasteiger partial charge in [0.15, 0.2) is 0 Å². The lowest BCUT2D eigenvalue weighted by atomic mass is 10.0. The molecule has 4 heteroatoms. The monoisotopic (exact) mass is 207 g/mol. The second-order valence-electron chi connectivity index (χ2n) is 3.28. The minimum Gasteiger partial charge on any atom is -0.400 e. The molecule has 0 saturated carbocycles. The lowest BCUT2D eigenvalue weighted by Crippen LogP contribution is -2.32. The normalized spacial score (nSPS) is 21.7. The summed E-state index contributed by atoms with van der Waals surface area (Å²) in [5, 5.41) is 12.5. The largest absolute Gasteiger partial charge is 0.400 e. The van der Waals surface area contributed by atoms with E-state index in [1.54, 1.807) is 17.4 Å². The van der Waals surface area contributed by atoms with Crippen LogP contribution in [0, 0.1) is 5.41 Å². The van der Waals surface area contributed by atoms with Gasteiger partial charge in [0, 0.05) is 23.3 Å². The van der Waals surface area contributed by atoms with E-state index in [9.17, 15) is 0 Å². The number of fused-ring (bicyclic) bond motifs is 1. The lowest BCUT2D eigenvalue weighted by Gasteiger charge is -2.24. The Labute approximate surface area is 87.1 Å². The van der Waals surface area contributed by atoms with Gasteiger partial charge in [0.05, 0.1) is 6.04 Å². The third-order valence-electron chi connectivity index (χ3n) is 2.39. The number of allylic oxidation sites excluding steroid dienone is 1. The van der Waals surface area contributed by atoms with Gasteiger partial charge in [0.25, 0.3) is 0 Å². The van der Waals surface area contributed by atoms with E-state index in [0.717, 1.165) is 18.7 Å². The van der Waals surface area contributed by atoms with Crippen molar-refractivity contribution < 1.29 is 0 Å². The molecule has 0 aromatic carbocycles. The Morgan fingerprint density at radius 1 is 1.71 bits per heavy atom. The maximum absolute atomic E-state index is 6.99. The second-order valence-corrected chi connectivity index (χ2v) is 4.23. The summed E-state index contributed by atoms with van der Waals surface area (Å²) in [4.78, 5) is 1.30. The first-order chi connectivity index (χ1) is 6.83. The molecule has 1 aliphatic rings. The highest BCUT2D eigenvalue weighted by Gasteiger charge is 2.22. The Kier molecular flexibility index (Phi) is 2.65. The Morgan fingerprint density at radius 3 is 3.36 bits per heavy atom. The summed E-state index contributed by atoms with van der Waals surface area (Å²) in [5.41, 5.74) is 8.00. The minimum atomic E-state index is 0.111. The molecule has 0 radical (unpaired) electrons. The first kappa shape index (κ1) is 9.43. The van der Waals surface area contributed by atoms with Gasteiger partial charge in [-0.05, 0) is 29.5 Å². The number of nitrogens with one attached hydrogen (secondary N) is 2. The molecule has 0 aliphatic carbocycles. The van der Waals surface area contributed by atoms with Gasteiger partial charge in [-0.1, -0.05) is 0 Å². The average Bonchev–Trinajstić information content (AvgIpc) is 2.65. The van der Waals surface area contributed by atoms with Crippen LogP contribution in [-0.2, 0) is 6.42 Å². The van der Waals surface area contributed by atoms with Gasteiger partial charge in [-0.15, -0.1) is 11.3 Å². The van der Waals surface area contributed by atoms with Crippen LogP contribution in [-0.4, -0.2) is 12.8 Å². The molecule has 2 heterocycles. The molecule has 0 spiro atoms. The Morgan fingerprint density at radius 2 is 2.57 bits per heavy atom. The maximum atomic E-state index is 6.99. The minimum absolute atomic E-state index is 0.111. The van der Waals surface area contributed by atoms with E-state index >= 15 is 0 Å². The van der Waals surface area contributed by atoms with E-state index in [2.05, 4.69) is 16.8 Å². The Hall–Kier alpha value is -1.13. The van der Waals surface area contributed by atoms with Crippen molar-refractivity contribution in [3.8, 4) is 0 Å². The van der Waals surface area contributed by atoms with Gasteiger partial charge in [-0.2, -0.15) is 0 Å². The molecule has 0 bridgehead atoms. The van der Waals surface area contributed by atoms with Crippen molar-refractivity contribution in [3.05, 3.63) is 33.7 Å². The zero-order valence-electron chi connectivity index (χ0n) is 7.79. The van der Waals surface area contributed by atoms with Crippen molar-refractivity contribution in [2.75, 3.05) is 6.54 Å². The van der Waals surface area contributed by atoms with E-state index in [1.807, 2.05) is 0 Å². The molecule has 0 amide bonds. The van der Waals surface area contributed by atoms with E-state index in [0.29, 0.717) is 0 Å². The van der Waals surface area contributed by atoms with Crippen molar-refractivity contribution in [1.29, 1.82) is 5.41 Å². The van der Waals surface area contributed by atoms with Crippen molar-refractivity contribution in [1.82, 2.24) is 5.32 Å². The molecule has 2 rings (SSSR count). The van der Waals surface area contributed by atoms with Crippen LogP contribution < -0.4 is 11.1 Å². The summed E-state index contributed by atoms with van der Waals surface area (Å²) in [6.07, 6.45) is 3.96. The smallest absolute Gasteiger partial charge is 0.0820 e. The Bertz CT molecular complexity index is 367. The summed E-state index contributed by atoms with van der Waals surface area (Å²) >= 11 is 1.73. The highest BCUT2D eigenvalue weighted by molar-refractivity contribution is 7.10. The van der Waals surface area contributed by atoms with E-state index in [4.69, 9.17) is 11.1 Å². The fourth-order valence-corrected chi connectivity index (χ4v) is 2.77. The van der Waals surface area contributed by atoms with Crippen LogP contribution >= 0.6 is 11.3 Å². The quantitative estimate of drug-likeness (QED) is 0.642. The summed E-state index contributed by atoms with van der Waals surface area (Å²) in [6.45, 7) is 0.959. The van der Waals surface area contributed by atoms with Crippen molar-refractivity contribution in [3.63, 3.8) is 0 Å². The SMILES string of the molecule is N=C/C=C(\N)C1NCCc2ccsc21. The molecule has 4 N–H and O–H groups in total. The highest BCUT2D eigenvalue weighted by Crippen LogP contribution is 2.30. The maximum Gasteiger partial charge on any atom is 0.0820 e. The molecule has 3 nitrogen and oxygen atoms in total. The van der Waals surface area contributed by atoms with Crippen LogP contribution in [0.15, 0.2) is 23.2 Å². The molecule has 1 aromatic rings. The molecular formula is C10H13N3S. The second kappa shape index (κ2) is 3.94. The number of rotatable bonds is 2. The molecule has 0 fully saturated rings. The van der Waals surface area contributed by atoms with Crippen LogP contribution in [0.1, 0.15) is 16.5 Å². The van der Waals surface area contributed by atoms with E-state index in [-0.39, 0.29) is 6.04 Å². The molecule has 74 valence electrons. The van der Waals surface area contributed by atoms with E-state index < -0.39 is 0 Å². The van der Waals surface area contributed by atoms with Gasteiger partial charge in [0.1, 0.15) is 0 Å². The lowest BCUT2D eigenvalue weighted by molar-refractivity contribution is 0.566. The Balaban J connectivity index is 2.32. The molecular weight excluding hydrogens is 194 g/mol. The van der Waals surface area contributed by atoms with Crippen LogP contribution in [0.3, 0.4) is 0 Å². The first-order valence-corrected chi connectivity index (χ1v) is 5.46. The molecule has 1 unspecified atom stereocenters. The standard InChI is InChI=1S/C10H13N3S/c11-4-1-8(12)9-10-7(2-5-13-9)3-6-14-10/h1,3-4,6,9,11,13H,2,5,12H2/b8-1-,11-4?. The third-order valence-corrected chi connectivity index (χ3v) is 3.42. The van der Waals surface area contributed by atoms with Gasteiger partial charge in [0.2, 0.25) is 0 Å². The van der Waals surface area contributed by atoms with Gasteiger partial charge < -0.3 is 16.5 Å². The van der Waals surface area contributed by atoms with Crippen LogP contribution in [0.4, 0.5) is 0 Å². The summed E-state index contributed by atoms with van der Waals surface area (Å²) in [5.74, 6) is 0. The van der Waals surface area contributed by atoms with Crippen LogP contribution in [0.2, 0.25) is 0 Å². The van der Waals surface area contributed by atoms with Gasteiger partial charge in [-0.3, -0.25) is 0 Å². The molecule has 1 aromatic heterocycles. The molecule has 1 aliphatic heterocycles. The molecule has 0 saturated heterocycles. The van der Waals surface area contributed by atoms with Crippen molar-refractivity contribution >= 4 is 17.6 Å². The third kappa shape index (κ3) is 1.58. The van der Waals surface area contributed by atoms with E-state index in [1.165, 1.54) is 16.7 Å². The topological polar surface area (TPSA) is 61.9 Å². The molecule has 14 heavy (non-hydrogen) atoms. The van der Waals surface area contributed by atoms with Crippen molar-refractivity contribution in [2.45, 2.75) is 12.5 Å². The number of hydrogen-bond donors (Lipinski definition) is 3. The zero-order valence-corrected chi connectivity index (χ0v) is 8.60. The fraction of sp³-hybridized carbons (Fsp3) is 0.300. The van der Waals surface area contributed by atoms with Crippen molar-refractivity contribution in [2.24, 2.45) is 5.73 Å². The highest BCUT2D eigenvalue weighted by atomic mass is 32.1. The van der Waals surface area contributed by atoms with Crippen LogP contribution in [0.5, 0.6) is 0 Å². The number of hydrogen-bond acceptors (Lipinski definition) is 4. The average molecular weight is 207 g/mol. The van der Waals surface area contributed by atoms with Gasteiger partial charge in [-0.25, -0.2) is 0 Å². The molecule has 1 atom stereocenters. The number of thiophene rings is 1. The zero-order chi connectivity index (χ0) is 9.97. The first-order valence-electron chi connectivity index (χ1n) is 4.58. The summed E-state index contributed by atoms with van der Waals surface area (Å²) in [6, 6.07) is 2.27. The van der Waals surface area contributed by atoms with Gasteiger partial charge >= 0.3 is 0 Å². The number of nitrogens with two attached hydrogens (primary N) is 1. The van der Waals surface area contributed by atoms with Crippen LogP contribution in [0.25, 0.3) is 0 Å². The predicted octanol–water partition coefficient (Wildman–Crippen LogP) is 1.43. The fourth-order valence-electron chi connectivity index (χ4n) is 1.71. The summed E-state index contributed by atoms with van der Waals surface area (Å²) < 4.78 is 0. The predicted molar refractivity (Wildman–Crippen MR) is 59.8 cm³/mol. The summed E-state index contributed by atoms with van der Waals surface area (Å²) in [7, 11) is 0.